The number of nitrogens with one attached hydrogen (secondary N) is 1. The van der Waals surface area contributed by atoms with E-state index in [1.807, 2.05) is 42.5 Å². The molecule has 0 saturated heterocycles. The average molecular weight is 373 g/mol. The van der Waals surface area contributed by atoms with Crippen molar-refractivity contribution in [3.63, 3.8) is 0 Å². The van der Waals surface area contributed by atoms with E-state index in [1.54, 1.807) is 19.1 Å². The van der Waals surface area contributed by atoms with Crippen LogP contribution in [0.2, 0.25) is 5.02 Å². The summed E-state index contributed by atoms with van der Waals surface area (Å²) in [5.41, 5.74) is 8.08. The van der Waals surface area contributed by atoms with E-state index >= 15 is 0 Å². The number of carbonyl (C=O) groups is 2. The Bertz CT molecular complexity index is 734. The summed E-state index contributed by atoms with van der Waals surface area (Å²) in [7, 11) is 0. The number of benzene rings is 2. The van der Waals surface area contributed by atoms with E-state index in [-0.39, 0.29) is 18.1 Å². The molecule has 1 amide bonds. The maximum atomic E-state index is 12.3. The fraction of sp³-hybridized carbons (Fsp3) is 0.333. The number of rotatable bonds is 9. The Labute approximate surface area is 159 Å². The Morgan fingerprint density at radius 1 is 1.08 bits per heavy atom. The van der Waals surface area contributed by atoms with Gasteiger partial charge >= 0.3 is 0 Å². The average Bonchev–Trinajstić information content (AvgIpc) is 2.64. The predicted molar refractivity (Wildman–Crippen MR) is 105 cm³/mol. The summed E-state index contributed by atoms with van der Waals surface area (Å²) in [4.78, 5) is 24.5. The van der Waals surface area contributed by atoms with Crippen molar-refractivity contribution in [3.05, 3.63) is 70.7 Å². The highest BCUT2D eigenvalue weighted by Crippen LogP contribution is 2.12. The lowest BCUT2D eigenvalue weighted by atomic mass is 9.96. The first-order valence-electron chi connectivity index (χ1n) is 8.80. The monoisotopic (exact) mass is 372 g/mol. The molecular formula is C21H25ClN2O2. The summed E-state index contributed by atoms with van der Waals surface area (Å²) in [6.45, 7) is 2.13. The van der Waals surface area contributed by atoms with Crippen LogP contribution in [-0.2, 0) is 22.6 Å². The topological polar surface area (TPSA) is 72.2 Å². The number of ketones is 1. The first-order chi connectivity index (χ1) is 12.5. The number of carbonyl (C=O) groups excluding carboxylic acids is 2. The van der Waals surface area contributed by atoms with Crippen LogP contribution >= 0.6 is 11.6 Å². The Kier molecular flexibility index (Phi) is 7.82. The molecule has 3 N–H and O–H groups in total. The number of aryl methyl sites for hydroxylation is 1. The molecule has 0 aliphatic heterocycles. The molecule has 26 heavy (non-hydrogen) atoms. The predicted octanol–water partition coefficient (Wildman–Crippen LogP) is 3.51. The molecular weight excluding hydrogens is 348 g/mol. The van der Waals surface area contributed by atoms with Gasteiger partial charge in [0, 0.05) is 23.9 Å². The second kappa shape index (κ2) is 10.1. The molecule has 2 aromatic carbocycles. The van der Waals surface area contributed by atoms with Gasteiger partial charge in [-0.1, -0.05) is 61.0 Å². The van der Waals surface area contributed by atoms with Crippen LogP contribution in [0.15, 0.2) is 54.6 Å². The van der Waals surface area contributed by atoms with E-state index in [4.69, 9.17) is 17.3 Å². The van der Waals surface area contributed by atoms with Crippen molar-refractivity contribution in [1.82, 2.24) is 5.32 Å². The zero-order valence-electron chi connectivity index (χ0n) is 15.0. The number of Topliss-reactive ketones (excluding diaryl/α,β-unsaturated/α-hetero) is 1. The van der Waals surface area contributed by atoms with Gasteiger partial charge in [-0.05, 0) is 36.1 Å². The van der Waals surface area contributed by atoms with Crippen LogP contribution in [0.1, 0.15) is 30.9 Å². The normalized spacial score (nSPS) is 13.0. The van der Waals surface area contributed by atoms with Crippen molar-refractivity contribution in [3.8, 4) is 0 Å². The van der Waals surface area contributed by atoms with E-state index in [2.05, 4.69) is 5.32 Å². The van der Waals surface area contributed by atoms with Crippen LogP contribution in [0.25, 0.3) is 0 Å². The summed E-state index contributed by atoms with van der Waals surface area (Å²) in [6.07, 6.45) is 1.49. The van der Waals surface area contributed by atoms with Crippen LogP contribution < -0.4 is 11.1 Å². The highest BCUT2D eigenvalue weighted by molar-refractivity contribution is 6.30. The van der Waals surface area contributed by atoms with Gasteiger partial charge in [-0.15, -0.1) is 0 Å². The molecule has 2 rings (SSSR count). The minimum Gasteiger partial charge on any atom is -0.352 e. The van der Waals surface area contributed by atoms with Crippen molar-refractivity contribution in [2.24, 2.45) is 11.7 Å². The van der Waals surface area contributed by atoms with E-state index < -0.39 is 12.0 Å². The lowest BCUT2D eigenvalue weighted by molar-refractivity contribution is -0.129. The molecule has 138 valence electrons. The molecule has 5 heteroatoms. The molecule has 0 aliphatic carbocycles. The van der Waals surface area contributed by atoms with Gasteiger partial charge in [0.1, 0.15) is 5.78 Å². The molecule has 4 nitrogen and oxygen atoms in total. The number of halogens is 1. The quantitative estimate of drug-likeness (QED) is 0.707. The molecule has 0 aliphatic rings. The molecule has 2 atom stereocenters. The van der Waals surface area contributed by atoms with E-state index in [0.29, 0.717) is 18.0 Å². The lowest BCUT2D eigenvalue weighted by Crippen LogP contribution is -2.36. The molecule has 0 bridgehead atoms. The minimum atomic E-state index is -0.543. The number of nitrogens with two attached hydrogens (primary N) is 1. The van der Waals surface area contributed by atoms with Gasteiger partial charge in [0.2, 0.25) is 5.91 Å². The second-order valence-electron chi connectivity index (χ2n) is 6.55. The maximum Gasteiger partial charge on any atom is 0.223 e. The van der Waals surface area contributed by atoms with Gasteiger partial charge in [0.05, 0.1) is 6.04 Å². The maximum absolute atomic E-state index is 12.3. The van der Waals surface area contributed by atoms with Crippen molar-refractivity contribution in [2.75, 3.05) is 0 Å². The van der Waals surface area contributed by atoms with Crippen LogP contribution in [0.3, 0.4) is 0 Å². The minimum absolute atomic E-state index is 0.0775. The summed E-state index contributed by atoms with van der Waals surface area (Å²) in [6, 6.07) is 16.7. The fourth-order valence-electron chi connectivity index (χ4n) is 2.68. The van der Waals surface area contributed by atoms with Crippen molar-refractivity contribution < 1.29 is 9.59 Å². The molecule has 0 radical (unpaired) electrons. The van der Waals surface area contributed by atoms with E-state index in [1.165, 1.54) is 0 Å². The largest absolute Gasteiger partial charge is 0.352 e. The van der Waals surface area contributed by atoms with Gasteiger partial charge in [-0.2, -0.15) is 0 Å². The molecule has 2 aromatic rings. The van der Waals surface area contributed by atoms with Gasteiger partial charge in [0.15, 0.2) is 0 Å². The van der Waals surface area contributed by atoms with Crippen molar-refractivity contribution >= 4 is 23.3 Å². The van der Waals surface area contributed by atoms with Gasteiger partial charge in [-0.3, -0.25) is 9.59 Å². The summed E-state index contributed by atoms with van der Waals surface area (Å²) >= 11 is 5.93. The first-order valence-corrected chi connectivity index (χ1v) is 9.18. The van der Waals surface area contributed by atoms with Crippen LogP contribution in [0, 0.1) is 5.92 Å². The number of amides is 1. The molecule has 0 fully saturated rings. The summed E-state index contributed by atoms with van der Waals surface area (Å²) in [5, 5.41) is 3.47. The first kappa shape index (κ1) is 20.1. The molecule has 0 unspecified atom stereocenters. The zero-order valence-corrected chi connectivity index (χ0v) is 15.7. The third-order valence-electron chi connectivity index (χ3n) is 4.31. The van der Waals surface area contributed by atoms with E-state index in [0.717, 1.165) is 17.5 Å². The van der Waals surface area contributed by atoms with Crippen molar-refractivity contribution in [1.29, 1.82) is 0 Å². The smallest absolute Gasteiger partial charge is 0.223 e. The standard InChI is InChI=1S/C21H25ClN2O2/c1-15(21(26)24-14-17-8-5-9-18(22)13-17)12-20(25)19(23)11-10-16-6-3-2-4-7-16/h2-9,13,15,19H,10-12,14,23H2,1H3,(H,24,26)/t15-,19-/m1/s1. The van der Waals surface area contributed by atoms with Gasteiger partial charge in [-0.25, -0.2) is 0 Å². The van der Waals surface area contributed by atoms with Crippen molar-refractivity contribution in [2.45, 2.75) is 38.8 Å². The molecule has 0 heterocycles. The Morgan fingerprint density at radius 2 is 1.77 bits per heavy atom. The Balaban J connectivity index is 1.75. The van der Waals surface area contributed by atoms with Gasteiger partial charge < -0.3 is 11.1 Å². The third kappa shape index (κ3) is 6.62. The van der Waals surface area contributed by atoms with Crippen LogP contribution in [0.4, 0.5) is 0 Å². The van der Waals surface area contributed by atoms with Gasteiger partial charge in [0.25, 0.3) is 0 Å². The van der Waals surface area contributed by atoms with Crippen LogP contribution in [-0.4, -0.2) is 17.7 Å². The highest BCUT2D eigenvalue weighted by atomic mass is 35.5. The Hall–Kier alpha value is -2.17. The molecule has 0 aromatic heterocycles. The van der Waals surface area contributed by atoms with E-state index in [9.17, 15) is 9.59 Å². The summed E-state index contributed by atoms with van der Waals surface area (Å²) < 4.78 is 0. The highest BCUT2D eigenvalue weighted by Gasteiger charge is 2.21. The number of hydrogen-bond donors (Lipinski definition) is 2. The SMILES string of the molecule is C[C@H](CC(=O)[C@H](N)CCc1ccccc1)C(=O)NCc1cccc(Cl)c1. The third-order valence-corrected chi connectivity index (χ3v) is 4.55. The molecule has 0 saturated carbocycles. The van der Waals surface area contributed by atoms with Crippen LogP contribution in [0.5, 0.6) is 0 Å². The summed E-state index contributed by atoms with van der Waals surface area (Å²) in [5.74, 6) is -0.649. The zero-order chi connectivity index (χ0) is 18.9. The second-order valence-corrected chi connectivity index (χ2v) is 6.99. The number of hydrogen-bond acceptors (Lipinski definition) is 3. The lowest BCUT2D eigenvalue weighted by Gasteiger charge is -2.15. The molecule has 0 spiro atoms. The fourth-order valence-corrected chi connectivity index (χ4v) is 2.90. The Morgan fingerprint density at radius 3 is 2.46 bits per heavy atom.